The molecular formula is C18H26O4. The van der Waals surface area contributed by atoms with Crippen LogP contribution in [0, 0.1) is 11.8 Å². The topological polar surface area (TPSA) is 74.6 Å². The van der Waals surface area contributed by atoms with Gasteiger partial charge in [-0.25, -0.2) is 0 Å². The summed E-state index contributed by atoms with van der Waals surface area (Å²) in [5.41, 5.74) is 0. The van der Waals surface area contributed by atoms with Gasteiger partial charge in [-0.2, -0.15) is 0 Å². The normalized spacial score (nSPS) is 22.9. The Morgan fingerprint density at radius 3 is 2.82 bits per heavy atom. The van der Waals surface area contributed by atoms with Crippen molar-refractivity contribution in [1.82, 2.24) is 0 Å². The molecule has 22 heavy (non-hydrogen) atoms. The van der Waals surface area contributed by atoms with Crippen molar-refractivity contribution in [2.45, 2.75) is 51.6 Å². The first-order valence-electron chi connectivity index (χ1n) is 7.99. The van der Waals surface area contributed by atoms with Gasteiger partial charge >= 0.3 is 5.97 Å². The average Bonchev–Trinajstić information content (AvgIpc) is 2.82. The second-order valence-corrected chi connectivity index (χ2v) is 5.65. The molecule has 122 valence electrons. The van der Waals surface area contributed by atoms with Crippen molar-refractivity contribution in [3.8, 4) is 0 Å². The highest BCUT2D eigenvalue weighted by molar-refractivity contribution is 5.95. The molecule has 0 amide bonds. The molecule has 0 saturated carbocycles. The summed E-state index contributed by atoms with van der Waals surface area (Å²) in [6.07, 6.45) is 14.3. The van der Waals surface area contributed by atoms with E-state index in [4.69, 9.17) is 5.11 Å². The standard InChI is InChI=1S/C18H26O4/c1-2-3-4-8-16-14(11-13-17(16)20)10-12-15(19)7-5-6-9-18(21)22/h3-4,10-16,19H,2,5-9H2,1H3,(H,21,22)/b4-3-,12-10+/t14-,15-,16-/m1/s1. The van der Waals surface area contributed by atoms with E-state index in [1.807, 2.05) is 18.2 Å². The minimum Gasteiger partial charge on any atom is -0.481 e. The highest BCUT2D eigenvalue weighted by Gasteiger charge is 2.27. The third-order valence-electron chi connectivity index (χ3n) is 3.80. The fourth-order valence-corrected chi connectivity index (χ4v) is 2.52. The first-order chi connectivity index (χ1) is 10.5. The summed E-state index contributed by atoms with van der Waals surface area (Å²) in [7, 11) is 0. The van der Waals surface area contributed by atoms with E-state index in [2.05, 4.69) is 13.0 Å². The molecule has 1 aliphatic rings. The van der Waals surface area contributed by atoms with Crippen molar-refractivity contribution in [2.75, 3.05) is 0 Å². The fourth-order valence-electron chi connectivity index (χ4n) is 2.52. The van der Waals surface area contributed by atoms with Crippen LogP contribution in [0.4, 0.5) is 0 Å². The van der Waals surface area contributed by atoms with Crippen molar-refractivity contribution in [3.63, 3.8) is 0 Å². The first kappa shape index (κ1) is 18.4. The second kappa shape index (κ2) is 10.1. The van der Waals surface area contributed by atoms with Crippen LogP contribution in [0.3, 0.4) is 0 Å². The molecule has 4 heteroatoms. The minimum absolute atomic E-state index is 0.0441. The number of carboxylic acids is 1. The zero-order chi connectivity index (χ0) is 16.4. The molecule has 0 aromatic carbocycles. The molecule has 1 aliphatic carbocycles. The maximum Gasteiger partial charge on any atom is 0.303 e. The van der Waals surface area contributed by atoms with E-state index in [9.17, 15) is 14.7 Å². The van der Waals surface area contributed by atoms with E-state index in [1.54, 1.807) is 12.2 Å². The zero-order valence-electron chi connectivity index (χ0n) is 13.1. The minimum atomic E-state index is -0.803. The number of allylic oxidation sites excluding steroid dienone is 5. The molecule has 0 radical (unpaired) electrons. The number of rotatable bonds is 10. The number of carbonyl (C=O) groups is 2. The van der Waals surface area contributed by atoms with E-state index in [0.717, 1.165) is 12.8 Å². The summed E-state index contributed by atoms with van der Waals surface area (Å²) in [5.74, 6) is -0.671. The number of hydrogen-bond donors (Lipinski definition) is 2. The van der Waals surface area contributed by atoms with Gasteiger partial charge in [-0.05, 0) is 38.2 Å². The number of hydrogen-bond acceptors (Lipinski definition) is 3. The van der Waals surface area contributed by atoms with Crippen LogP contribution >= 0.6 is 0 Å². The molecule has 0 saturated heterocycles. The molecule has 2 N–H and O–H groups in total. The molecule has 0 bridgehead atoms. The van der Waals surface area contributed by atoms with Crippen LogP contribution < -0.4 is 0 Å². The summed E-state index contributed by atoms with van der Waals surface area (Å²) < 4.78 is 0. The van der Waals surface area contributed by atoms with Gasteiger partial charge in [0.05, 0.1) is 6.10 Å². The quantitative estimate of drug-likeness (QED) is 0.480. The molecule has 1 rings (SSSR count). The van der Waals surface area contributed by atoms with Gasteiger partial charge in [-0.1, -0.05) is 37.3 Å². The summed E-state index contributed by atoms with van der Waals surface area (Å²) in [6.45, 7) is 2.06. The van der Waals surface area contributed by atoms with Crippen LogP contribution in [0.15, 0.2) is 36.5 Å². The summed E-state index contributed by atoms with van der Waals surface area (Å²) in [4.78, 5) is 22.2. The number of ketones is 1. The number of aliphatic hydroxyl groups is 1. The lowest BCUT2D eigenvalue weighted by Crippen LogP contribution is -2.14. The predicted molar refractivity (Wildman–Crippen MR) is 86.4 cm³/mol. The van der Waals surface area contributed by atoms with Crippen molar-refractivity contribution in [2.24, 2.45) is 11.8 Å². The van der Waals surface area contributed by atoms with Crippen LogP contribution in [-0.2, 0) is 9.59 Å². The van der Waals surface area contributed by atoms with Gasteiger partial charge in [0, 0.05) is 18.3 Å². The Labute approximate surface area is 132 Å². The first-order valence-corrected chi connectivity index (χ1v) is 7.99. The van der Waals surface area contributed by atoms with Gasteiger partial charge in [0.15, 0.2) is 5.78 Å². The lowest BCUT2D eigenvalue weighted by atomic mass is 9.90. The Kier molecular flexibility index (Phi) is 8.44. The molecular weight excluding hydrogens is 280 g/mol. The number of carboxylic acid groups (broad SMARTS) is 1. The number of carbonyl (C=O) groups excluding carboxylic acids is 1. The molecule has 0 spiro atoms. The van der Waals surface area contributed by atoms with Crippen molar-refractivity contribution in [1.29, 1.82) is 0 Å². The van der Waals surface area contributed by atoms with Gasteiger partial charge in [-0.3, -0.25) is 9.59 Å². The summed E-state index contributed by atoms with van der Waals surface area (Å²) in [6, 6.07) is 0. The molecule has 0 aromatic rings. The molecule has 0 unspecified atom stereocenters. The zero-order valence-corrected chi connectivity index (χ0v) is 13.1. The lowest BCUT2D eigenvalue weighted by Gasteiger charge is -2.13. The Bertz CT molecular complexity index is 448. The van der Waals surface area contributed by atoms with E-state index in [1.165, 1.54) is 0 Å². The van der Waals surface area contributed by atoms with Gasteiger partial charge in [0.1, 0.15) is 0 Å². The highest BCUT2D eigenvalue weighted by Crippen LogP contribution is 2.27. The van der Waals surface area contributed by atoms with Crippen LogP contribution in [0.5, 0.6) is 0 Å². The average molecular weight is 306 g/mol. The van der Waals surface area contributed by atoms with Crippen LogP contribution in [0.25, 0.3) is 0 Å². The Morgan fingerprint density at radius 1 is 1.36 bits per heavy atom. The van der Waals surface area contributed by atoms with E-state index in [0.29, 0.717) is 19.3 Å². The van der Waals surface area contributed by atoms with E-state index >= 15 is 0 Å². The molecule has 0 aromatic heterocycles. The maximum absolute atomic E-state index is 11.8. The number of aliphatic carboxylic acids is 1. The van der Waals surface area contributed by atoms with Gasteiger partial charge in [0.2, 0.25) is 0 Å². The predicted octanol–water partition coefficient (Wildman–Crippen LogP) is 3.28. The fraction of sp³-hybridized carbons (Fsp3) is 0.556. The molecule has 4 nitrogen and oxygen atoms in total. The van der Waals surface area contributed by atoms with Crippen molar-refractivity contribution < 1.29 is 19.8 Å². The number of aliphatic hydroxyl groups excluding tert-OH is 1. The maximum atomic E-state index is 11.8. The molecule has 0 heterocycles. The van der Waals surface area contributed by atoms with Gasteiger partial charge in [-0.15, -0.1) is 0 Å². The Hall–Kier alpha value is -1.68. The highest BCUT2D eigenvalue weighted by atomic mass is 16.4. The van der Waals surface area contributed by atoms with E-state index < -0.39 is 12.1 Å². The largest absolute Gasteiger partial charge is 0.481 e. The van der Waals surface area contributed by atoms with Crippen molar-refractivity contribution in [3.05, 3.63) is 36.5 Å². The lowest BCUT2D eigenvalue weighted by molar-refractivity contribution is -0.137. The third-order valence-corrected chi connectivity index (χ3v) is 3.80. The molecule has 0 aliphatic heterocycles. The third kappa shape index (κ3) is 6.85. The van der Waals surface area contributed by atoms with Crippen LogP contribution in [0.2, 0.25) is 0 Å². The summed E-state index contributed by atoms with van der Waals surface area (Å²) >= 11 is 0. The molecule has 3 atom stereocenters. The van der Waals surface area contributed by atoms with Crippen LogP contribution in [-0.4, -0.2) is 28.1 Å². The molecule has 0 fully saturated rings. The van der Waals surface area contributed by atoms with Gasteiger partial charge < -0.3 is 10.2 Å². The Balaban J connectivity index is 2.39. The monoisotopic (exact) mass is 306 g/mol. The Morgan fingerprint density at radius 2 is 2.14 bits per heavy atom. The van der Waals surface area contributed by atoms with Gasteiger partial charge in [0.25, 0.3) is 0 Å². The number of unbranched alkanes of at least 4 members (excludes halogenated alkanes) is 1. The SMILES string of the molecule is CC/C=C\C[C@H]1C(=O)C=C[C@H]1/C=C/[C@H](O)CCCCC(=O)O. The van der Waals surface area contributed by atoms with E-state index in [-0.39, 0.29) is 24.0 Å². The smallest absolute Gasteiger partial charge is 0.303 e. The second-order valence-electron chi connectivity index (χ2n) is 5.65. The summed E-state index contributed by atoms with van der Waals surface area (Å²) in [5, 5.41) is 18.4. The van der Waals surface area contributed by atoms with Crippen molar-refractivity contribution >= 4 is 11.8 Å². The van der Waals surface area contributed by atoms with Crippen LogP contribution in [0.1, 0.15) is 45.4 Å².